The van der Waals surface area contributed by atoms with E-state index in [2.05, 4.69) is 5.32 Å². The molecule has 4 nitrogen and oxygen atoms in total. The summed E-state index contributed by atoms with van der Waals surface area (Å²) in [7, 11) is 1.57. The number of benzene rings is 2. The largest absolute Gasteiger partial charge is 0.493 e. The Bertz CT molecular complexity index is 681. The molecule has 0 saturated heterocycles. The van der Waals surface area contributed by atoms with E-state index in [9.17, 15) is 5.11 Å². The van der Waals surface area contributed by atoms with Gasteiger partial charge in [0.2, 0.25) is 0 Å². The van der Waals surface area contributed by atoms with Crippen LogP contribution < -0.4 is 14.8 Å². The molecule has 25 heavy (non-hydrogen) atoms. The smallest absolute Gasteiger partial charge is 0.180 e. The van der Waals surface area contributed by atoms with Crippen LogP contribution in [-0.4, -0.2) is 24.9 Å². The van der Waals surface area contributed by atoms with Gasteiger partial charge in [-0.1, -0.05) is 41.4 Å². The lowest BCUT2D eigenvalue weighted by Crippen LogP contribution is -2.23. The second-order valence-electron chi connectivity index (χ2n) is 5.47. The maximum Gasteiger partial charge on any atom is 0.180 e. The number of aliphatic hydroxyl groups excluding tert-OH is 1. The first-order valence-electron chi connectivity index (χ1n) is 7.62. The number of aliphatic hydroxyl groups is 1. The Morgan fingerprint density at radius 3 is 2.52 bits per heavy atom. The SMILES string of the molecule is COc1cc(CNCC(C)O)cc(Cl)c1OCc1ccccc1Cl.Cl. The number of methoxy groups -OCH3 is 1. The highest BCUT2D eigenvalue weighted by Gasteiger charge is 2.13. The Hall–Kier alpha value is -1.17. The van der Waals surface area contributed by atoms with Gasteiger partial charge in [0.25, 0.3) is 0 Å². The van der Waals surface area contributed by atoms with Gasteiger partial charge in [0.15, 0.2) is 11.5 Å². The van der Waals surface area contributed by atoms with Crippen molar-refractivity contribution in [2.45, 2.75) is 26.2 Å². The number of hydrogen-bond acceptors (Lipinski definition) is 4. The summed E-state index contributed by atoms with van der Waals surface area (Å²) in [6.07, 6.45) is -0.402. The highest BCUT2D eigenvalue weighted by atomic mass is 35.5. The monoisotopic (exact) mass is 405 g/mol. The molecule has 1 atom stereocenters. The van der Waals surface area contributed by atoms with Crippen LogP contribution in [0.5, 0.6) is 11.5 Å². The Labute approximate surface area is 164 Å². The molecule has 0 amide bonds. The zero-order valence-corrected chi connectivity index (χ0v) is 16.4. The van der Waals surface area contributed by atoms with E-state index in [1.165, 1.54) is 0 Å². The van der Waals surface area contributed by atoms with Gasteiger partial charge >= 0.3 is 0 Å². The highest BCUT2D eigenvalue weighted by Crippen LogP contribution is 2.37. The van der Waals surface area contributed by atoms with Crippen LogP contribution >= 0.6 is 35.6 Å². The highest BCUT2D eigenvalue weighted by molar-refractivity contribution is 6.32. The Balaban J connectivity index is 0.00000312. The van der Waals surface area contributed by atoms with Crippen molar-refractivity contribution in [3.05, 3.63) is 57.6 Å². The van der Waals surface area contributed by atoms with Crippen molar-refractivity contribution in [3.8, 4) is 11.5 Å². The van der Waals surface area contributed by atoms with Crippen molar-refractivity contribution in [2.24, 2.45) is 0 Å². The maximum atomic E-state index is 9.29. The van der Waals surface area contributed by atoms with Crippen LogP contribution in [0.3, 0.4) is 0 Å². The lowest BCUT2D eigenvalue weighted by Gasteiger charge is -2.15. The van der Waals surface area contributed by atoms with E-state index < -0.39 is 6.10 Å². The summed E-state index contributed by atoms with van der Waals surface area (Å²) in [5, 5.41) is 13.5. The second-order valence-corrected chi connectivity index (χ2v) is 6.28. The van der Waals surface area contributed by atoms with Crippen molar-refractivity contribution in [1.82, 2.24) is 5.32 Å². The van der Waals surface area contributed by atoms with Crippen LogP contribution in [0.25, 0.3) is 0 Å². The molecule has 0 radical (unpaired) electrons. The van der Waals surface area contributed by atoms with E-state index in [0.29, 0.717) is 41.2 Å². The van der Waals surface area contributed by atoms with E-state index in [1.54, 1.807) is 14.0 Å². The molecule has 0 spiro atoms. The van der Waals surface area contributed by atoms with Crippen LogP contribution in [-0.2, 0) is 13.2 Å². The van der Waals surface area contributed by atoms with Crippen LogP contribution in [0.1, 0.15) is 18.1 Å². The molecule has 0 fully saturated rings. The first-order valence-corrected chi connectivity index (χ1v) is 8.38. The Morgan fingerprint density at radius 1 is 1.16 bits per heavy atom. The van der Waals surface area contributed by atoms with E-state index in [4.69, 9.17) is 32.7 Å². The molecule has 138 valence electrons. The zero-order valence-electron chi connectivity index (χ0n) is 14.1. The molecule has 2 aromatic rings. The van der Waals surface area contributed by atoms with Gasteiger partial charge in [0.1, 0.15) is 6.61 Å². The fraction of sp³-hybridized carbons (Fsp3) is 0.333. The van der Waals surface area contributed by atoms with Crippen molar-refractivity contribution >= 4 is 35.6 Å². The normalized spacial score (nSPS) is 11.6. The minimum absolute atomic E-state index is 0. The molecule has 1 unspecified atom stereocenters. The molecule has 2 aromatic carbocycles. The summed E-state index contributed by atoms with van der Waals surface area (Å²) in [5.41, 5.74) is 1.82. The summed E-state index contributed by atoms with van der Waals surface area (Å²) in [6.45, 7) is 3.11. The Morgan fingerprint density at radius 2 is 1.88 bits per heavy atom. The quantitative estimate of drug-likeness (QED) is 0.679. The molecular formula is C18H22Cl3NO3. The van der Waals surface area contributed by atoms with E-state index in [0.717, 1.165) is 11.1 Å². The van der Waals surface area contributed by atoms with Gasteiger partial charge in [-0.3, -0.25) is 0 Å². The molecule has 0 aliphatic rings. The van der Waals surface area contributed by atoms with Gasteiger partial charge < -0.3 is 19.9 Å². The van der Waals surface area contributed by atoms with Gasteiger partial charge in [-0.05, 0) is 30.7 Å². The van der Waals surface area contributed by atoms with Crippen molar-refractivity contribution in [3.63, 3.8) is 0 Å². The first kappa shape index (κ1) is 21.9. The Kier molecular flexibility index (Phi) is 9.39. The van der Waals surface area contributed by atoms with E-state index in [1.807, 2.05) is 36.4 Å². The van der Waals surface area contributed by atoms with E-state index in [-0.39, 0.29) is 12.4 Å². The lowest BCUT2D eigenvalue weighted by atomic mass is 10.2. The summed E-state index contributed by atoms with van der Waals surface area (Å²) in [4.78, 5) is 0. The molecule has 7 heteroatoms. The molecule has 2 rings (SSSR count). The molecular weight excluding hydrogens is 385 g/mol. The first-order chi connectivity index (χ1) is 11.5. The van der Waals surface area contributed by atoms with Crippen LogP contribution in [0.4, 0.5) is 0 Å². The fourth-order valence-electron chi connectivity index (χ4n) is 2.21. The van der Waals surface area contributed by atoms with Gasteiger partial charge in [-0.25, -0.2) is 0 Å². The molecule has 0 heterocycles. The summed E-state index contributed by atoms with van der Waals surface area (Å²) >= 11 is 12.5. The van der Waals surface area contributed by atoms with Crippen molar-refractivity contribution < 1.29 is 14.6 Å². The average Bonchev–Trinajstić information content (AvgIpc) is 2.54. The van der Waals surface area contributed by atoms with Crippen LogP contribution in [0, 0.1) is 0 Å². The third-order valence-corrected chi connectivity index (χ3v) is 4.04. The average molecular weight is 407 g/mol. The van der Waals surface area contributed by atoms with Gasteiger partial charge in [-0.2, -0.15) is 0 Å². The predicted octanol–water partition coefficient (Wildman–Crippen LogP) is 4.47. The molecule has 2 N–H and O–H groups in total. The topological polar surface area (TPSA) is 50.7 Å². The maximum absolute atomic E-state index is 9.29. The molecule has 0 aliphatic heterocycles. The standard InChI is InChI=1S/C18H21Cl2NO3.ClH/c1-12(22)9-21-10-13-7-16(20)18(17(8-13)23-2)24-11-14-5-3-4-6-15(14)19;/h3-8,12,21-22H,9-11H2,1-2H3;1H. The van der Waals surface area contributed by atoms with Gasteiger partial charge in [0.05, 0.1) is 18.2 Å². The fourth-order valence-corrected chi connectivity index (χ4v) is 2.68. The van der Waals surface area contributed by atoms with Crippen molar-refractivity contribution in [2.75, 3.05) is 13.7 Å². The second kappa shape index (κ2) is 10.7. The third-order valence-electron chi connectivity index (χ3n) is 3.39. The summed E-state index contributed by atoms with van der Waals surface area (Å²) in [6, 6.07) is 11.2. The minimum atomic E-state index is -0.402. The molecule has 0 aliphatic carbocycles. The zero-order chi connectivity index (χ0) is 17.5. The number of ether oxygens (including phenoxy) is 2. The summed E-state index contributed by atoms with van der Waals surface area (Å²) in [5.74, 6) is 1.04. The van der Waals surface area contributed by atoms with Crippen LogP contribution in [0.2, 0.25) is 10.0 Å². The number of halogens is 3. The number of nitrogens with one attached hydrogen (secondary N) is 1. The van der Waals surface area contributed by atoms with Crippen LogP contribution in [0.15, 0.2) is 36.4 Å². The van der Waals surface area contributed by atoms with Gasteiger partial charge in [0, 0.05) is 23.7 Å². The third kappa shape index (κ3) is 6.57. The summed E-state index contributed by atoms with van der Waals surface area (Å²) < 4.78 is 11.2. The molecule has 0 saturated carbocycles. The van der Waals surface area contributed by atoms with E-state index >= 15 is 0 Å². The molecule has 0 bridgehead atoms. The minimum Gasteiger partial charge on any atom is -0.493 e. The predicted molar refractivity (Wildman–Crippen MR) is 104 cm³/mol. The number of rotatable bonds is 8. The van der Waals surface area contributed by atoms with Crippen molar-refractivity contribution in [1.29, 1.82) is 0 Å². The molecule has 0 aromatic heterocycles. The van der Waals surface area contributed by atoms with Gasteiger partial charge in [-0.15, -0.1) is 12.4 Å². The lowest BCUT2D eigenvalue weighted by molar-refractivity contribution is 0.191. The number of hydrogen-bond donors (Lipinski definition) is 2.